The Bertz CT molecular complexity index is 585. The van der Waals surface area contributed by atoms with Gasteiger partial charge in [-0.2, -0.15) is 0 Å². The van der Waals surface area contributed by atoms with Crippen LogP contribution in [0.25, 0.3) is 0 Å². The van der Waals surface area contributed by atoms with Crippen molar-refractivity contribution in [3.63, 3.8) is 0 Å². The van der Waals surface area contributed by atoms with Gasteiger partial charge in [0, 0.05) is 32.7 Å². The number of rotatable bonds is 5. The summed E-state index contributed by atoms with van der Waals surface area (Å²) in [5.41, 5.74) is 7.29. The molecule has 2 heterocycles. The third-order valence-electron chi connectivity index (χ3n) is 5.07. The van der Waals surface area contributed by atoms with Gasteiger partial charge < -0.3 is 20.1 Å². The largest absolute Gasteiger partial charge is 0.454 e. The first-order chi connectivity index (χ1) is 11.6. The van der Waals surface area contributed by atoms with Crippen LogP contribution in [0.1, 0.15) is 25.8 Å². The van der Waals surface area contributed by atoms with Crippen molar-refractivity contribution in [2.75, 3.05) is 33.0 Å². The van der Waals surface area contributed by atoms with E-state index in [1.807, 2.05) is 24.0 Å². The van der Waals surface area contributed by atoms with Crippen LogP contribution in [-0.2, 0) is 11.3 Å². The molecule has 2 aliphatic rings. The number of ether oxygens (including phenoxy) is 2. The highest BCUT2D eigenvalue weighted by Crippen LogP contribution is 2.32. The molecular weight excluding hydrogens is 306 g/mol. The monoisotopic (exact) mass is 333 g/mol. The molecule has 24 heavy (non-hydrogen) atoms. The Kier molecular flexibility index (Phi) is 5.26. The number of carbonyl (C=O) groups excluding carboxylic acids is 1. The van der Waals surface area contributed by atoms with Crippen molar-refractivity contribution < 1.29 is 14.3 Å². The minimum absolute atomic E-state index is 0.0899. The topological polar surface area (TPSA) is 68.0 Å². The molecular formula is C18H27N3O3. The number of fused-ring (bicyclic) bond motifs is 1. The summed E-state index contributed by atoms with van der Waals surface area (Å²) in [5, 5.41) is 0. The van der Waals surface area contributed by atoms with Gasteiger partial charge in [0.2, 0.25) is 12.7 Å². The second kappa shape index (κ2) is 7.40. The Morgan fingerprint density at radius 3 is 2.62 bits per heavy atom. The van der Waals surface area contributed by atoms with Gasteiger partial charge in [0.15, 0.2) is 11.5 Å². The van der Waals surface area contributed by atoms with Gasteiger partial charge in [0.05, 0.1) is 6.04 Å². The third kappa shape index (κ3) is 3.65. The molecule has 1 amide bonds. The SMILES string of the molecule is CC[C@@H](C)[C@@H](N)C(=O)N1CCN(Cc2ccc3c(c2)OCO3)CC1. The maximum absolute atomic E-state index is 12.4. The highest BCUT2D eigenvalue weighted by molar-refractivity contribution is 5.82. The first kappa shape index (κ1) is 17.0. The van der Waals surface area contributed by atoms with Crippen molar-refractivity contribution in [1.29, 1.82) is 0 Å². The number of carbonyl (C=O) groups is 1. The molecule has 1 saturated heterocycles. The van der Waals surface area contributed by atoms with Crippen LogP contribution in [0, 0.1) is 5.92 Å². The summed E-state index contributed by atoms with van der Waals surface area (Å²) >= 11 is 0. The van der Waals surface area contributed by atoms with E-state index in [0.717, 1.165) is 50.6 Å². The van der Waals surface area contributed by atoms with E-state index in [-0.39, 0.29) is 17.9 Å². The predicted octanol–water partition coefficient (Wildman–Crippen LogP) is 1.43. The average molecular weight is 333 g/mol. The summed E-state index contributed by atoms with van der Waals surface area (Å²) in [6.07, 6.45) is 0.928. The lowest BCUT2D eigenvalue weighted by atomic mass is 9.98. The number of hydrogen-bond acceptors (Lipinski definition) is 5. The van der Waals surface area contributed by atoms with Gasteiger partial charge in [-0.25, -0.2) is 0 Å². The van der Waals surface area contributed by atoms with Crippen molar-refractivity contribution in [3.8, 4) is 11.5 Å². The van der Waals surface area contributed by atoms with Gasteiger partial charge in [-0.05, 0) is 23.6 Å². The van der Waals surface area contributed by atoms with Gasteiger partial charge in [-0.1, -0.05) is 26.3 Å². The van der Waals surface area contributed by atoms with Crippen molar-refractivity contribution in [1.82, 2.24) is 9.80 Å². The number of piperazine rings is 1. The molecule has 2 atom stereocenters. The van der Waals surface area contributed by atoms with Gasteiger partial charge in [0.1, 0.15) is 0 Å². The molecule has 3 rings (SSSR count). The second-order valence-corrected chi connectivity index (χ2v) is 6.70. The summed E-state index contributed by atoms with van der Waals surface area (Å²) < 4.78 is 10.8. The van der Waals surface area contributed by atoms with E-state index in [1.165, 1.54) is 5.56 Å². The zero-order chi connectivity index (χ0) is 17.1. The lowest BCUT2D eigenvalue weighted by Crippen LogP contribution is -2.54. The van der Waals surface area contributed by atoms with Crippen molar-refractivity contribution in [3.05, 3.63) is 23.8 Å². The Balaban J connectivity index is 1.51. The third-order valence-corrected chi connectivity index (χ3v) is 5.07. The minimum atomic E-state index is -0.379. The molecule has 6 heteroatoms. The standard InChI is InChI=1S/C18H27N3O3/c1-3-13(2)17(19)18(22)21-8-6-20(7-9-21)11-14-4-5-15-16(10-14)24-12-23-15/h4-5,10,13,17H,3,6-9,11-12,19H2,1-2H3/t13-,17-/m1/s1. The lowest BCUT2D eigenvalue weighted by Gasteiger charge is -2.36. The van der Waals surface area contributed by atoms with Crippen molar-refractivity contribution in [2.24, 2.45) is 11.7 Å². The van der Waals surface area contributed by atoms with Gasteiger partial charge in [-0.15, -0.1) is 0 Å². The van der Waals surface area contributed by atoms with Crippen LogP contribution in [0.5, 0.6) is 11.5 Å². The van der Waals surface area contributed by atoms with Gasteiger partial charge >= 0.3 is 0 Å². The van der Waals surface area contributed by atoms with Crippen LogP contribution in [0.3, 0.4) is 0 Å². The zero-order valence-corrected chi connectivity index (χ0v) is 14.5. The molecule has 0 aromatic heterocycles. The van der Waals surface area contributed by atoms with E-state index >= 15 is 0 Å². The fourth-order valence-corrected chi connectivity index (χ4v) is 3.13. The number of nitrogens with zero attached hydrogens (tertiary/aromatic N) is 2. The Morgan fingerprint density at radius 2 is 1.92 bits per heavy atom. The van der Waals surface area contributed by atoms with E-state index in [4.69, 9.17) is 15.2 Å². The Hall–Kier alpha value is -1.79. The van der Waals surface area contributed by atoms with E-state index in [0.29, 0.717) is 6.79 Å². The molecule has 0 bridgehead atoms. The van der Waals surface area contributed by atoms with Crippen LogP contribution in [-0.4, -0.2) is 54.7 Å². The Morgan fingerprint density at radius 1 is 1.21 bits per heavy atom. The molecule has 0 saturated carbocycles. The number of nitrogens with two attached hydrogens (primary N) is 1. The summed E-state index contributed by atoms with van der Waals surface area (Å²) in [6.45, 7) is 8.49. The fraction of sp³-hybridized carbons (Fsp3) is 0.611. The average Bonchev–Trinajstić information content (AvgIpc) is 3.08. The predicted molar refractivity (Wildman–Crippen MR) is 91.9 cm³/mol. The second-order valence-electron chi connectivity index (χ2n) is 6.70. The van der Waals surface area contributed by atoms with E-state index in [9.17, 15) is 4.79 Å². The molecule has 2 aliphatic heterocycles. The molecule has 1 aromatic carbocycles. The minimum Gasteiger partial charge on any atom is -0.454 e. The molecule has 0 aliphatic carbocycles. The van der Waals surface area contributed by atoms with Crippen molar-refractivity contribution in [2.45, 2.75) is 32.9 Å². The molecule has 132 valence electrons. The molecule has 1 aromatic rings. The zero-order valence-electron chi connectivity index (χ0n) is 14.5. The molecule has 2 N–H and O–H groups in total. The Labute approximate surface area is 143 Å². The lowest BCUT2D eigenvalue weighted by molar-refractivity contribution is -0.135. The van der Waals surface area contributed by atoms with E-state index < -0.39 is 0 Å². The molecule has 0 radical (unpaired) electrons. The number of hydrogen-bond donors (Lipinski definition) is 1. The summed E-state index contributed by atoms with van der Waals surface area (Å²) in [4.78, 5) is 16.7. The van der Waals surface area contributed by atoms with Crippen LogP contribution in [0.15, 0.2) is 18.2 Å². The molecule has 6 nitrogen and oxygen atoms in total. The first-order valence-electron chi connectivity index (χ1n) is 8.73. The maximum atomic E-state index is 12.4. The highest BCUT2D eigenvalue weighted by Gasteiger charge is 2.28. The van der Waals surface area contributed by atoms with Crippen LogP contribution >= 0.6 is 0 Å². The number of amides is 1. The highest BCUT2D eigenvalue weighted by atomic mass is 16.7. The molecule has 0 spiro atoms. The normalized spacial score (nSPS) is 20.0. The molecule has 0 unspecified atom stereocenters. The van der Waals surface area contributed by atoms with Crippen LogP contribution < -0.4 is 15.2 Å². The van der Waals surface area contributed by atoms with E-state index in [1.54, 1.807) is 0 Å². The summed E-state index contributed by atoms with van der Waals surface area (Å²) in [5.74, 6) is 1.95. The van der Waals surface area contributed by atoms with Crippen LogP contribution in [0.4, 0.5) is 0 Å². The first-order valence-corrected chi connectivity index (χ1v) is 8.73. The summed E-state index contributed by atoms with van der Waals surface area (Å²) in [7, 11) is 0. The summed E-state index contributed by atoms with van der Waals surface area (Å²) in [6, 6.07) is 5.70. The number of benzene rings is 1. The quantitative estimate of drug-likeness (QED) is 0.883. The van der Waals surface area contributed by atoms with Gasteiger partial charge in [0.25, 0.3) is 0 Å². The van der Waals surface area contributed by atoms with E-state index in [2.05, 4.69) is 17.9 Å². The van der Waals surface area contributed by atoms with Crippen molar-refractivity contribution >= 4 is 5.91 Å². The maximum Gasteiger partial charge on any atom is 0.239 e. The van der Waals surface area contributed by atoms with Crippen LogP contribution in [0.2, 0.25) is 0 Å². The smallest absolute Gasteiger partial charge is 0.239 e. The molecule has 1 fully saturated rings. The fourth-order valence-electron chi connectivity index (χ4n) is 3.13. The van der Waals surface area contributed by atoms with Gasteiger partial charge in [-0.3, -0.25) is 9.69 Å².